The van der Waals surface area contributed by atoms with Crippen LogP contribution in [0.2, 0.25) is 0 Å². The Bertz CT molecular complexity index is 1410. The SMILES string of the molecule is COc1cccc(CN(C(=O)CN(c2ccc(I)cc2)S(=O)(=O)c2ccccc2)[C@@H](C)C(=O)NC2CCCC2)c1. The molecule has 0 radical (unpaired) electrons. The molecule has 1 aliphatic rings. The molecule has 1 atom stereocenters. The number of nitrogens with zero attached hydrogens (tertiary/aromatic N) is 2. The summed E-state index contributed by atoms with van der Waals surface area (Å²) in [5.74, 6) is -0.120. The van der Waals surface area contributed by atoms with Gasteiger partial charge < -0.3 is 15.0 Å². The molecule has 0 aliphatic heterocycles. The van der Waals surface area contributed by atoms with E-state index in [-0.39, 0.29) is 23.4 Å². The Morgan fingerprint density at radius 3 is 2.33 bits per heavy atom. The number of nitrogens with one attached hydrogen (secondary N) is 1. The predicted octanol–water partition coefficient (Wildman–Crippen LogP) is 4.97. The molecule has 1 aliphatic carbocycles. The highest BCUT2D eigenvalue weighted by Crippen LogP contribution is 2.26. The first-order chi connectivity index (χ1) is 19.2. The number of hydrogen-bond acceptors (Lipinski definition) is 5. The minimum absolute atomic E-state index is 0.0766. The highest BCUT2D eigenvalue weighted by molar-refractivity contribution is 14.1. The van der Waals surface area contributed by atoms with Crippen LogP contribution in [0.15, 0.2) is 83.8 Å². The van der Waals surface area contributed by atoms with E-state index in [0.29, 0.717) is 11.4 Å². The lowest BCUT2D eigenvalue weighted by Crippen LogP contribution is -2.52. The molecule has 4 rings (SSSR count). The number of halogens is 1. The topological polar surface area (TPSA) is 96.0 Å². The van der Waals surface area contributed by atoms with E-state index in [1.165, 1.54) is 17.0 Å². The molecular weight excluding hydrogens is 641 g/mol. The van der Waals surface area contributed by atoms with Crippen LogP contribution in [0.1, 0.15) is 38.2 Å². The summed E-state index contributed by atoms with van der Waals surface area (Å²) in [7, 11) is -2.52. The minimum Gasteiger partial charge on any atom is -0.497 e. The van der Waals surface area contributed by atoms with Crippen molar-refractivity contribution < 1.29 is 22.7 Å². The first kappa shape index (κ1) is 29.9. The number of methoxy groups -OCH3 is 1. The first-order valence-corrected chi connectivity index (χ1v) is 15.8. The van der Waals surface area contributed by atoms with Crippen LogP contribution < -0.4 is 14.4 Å². The van der Waals surface area contributed by atoms with Crippen LogP contribution in [-0.4, -0.2) is 50.9 Å². The van der Waals surface area contributed by atoms with Gasteiger partial charge in [-0.25, -0.2) is 8.42 Å². The van der Waals surface area contributed by atoms with E-state index in [4.69, 9.17) is 4.74 Å². The number of ether oxygens (including phenoxy) is 1. The Morgan fingerprint density at radius 2 is 1.68 bits per heavy atom. The van der Waals surface area contributed by atoms with E-state index in [0.717, 1.165) is 39.1 Å². The summed E-state index contributed by atoms with van der Waals surface area (Å²) in [6, 6.07) is 21.5. The van der Waals surface area contributed by atoms with Crippen LogP contribution in [0.5, 0.6) is 5.75 Å². The molecule has 3 aromatic rings. The molecule has 0 unspecified atom stereocenters. The summed E-state index contributed by atoms with van der Waals surface area (Å²) < 4.78 is 35.0. The highest BCUT2D eigenvalue weighted by atomic mass is 127. The summed E-state index contributed by atoms with van der Waals surface area (Å²) in [6.45, 7) is 1.33. The summed E-state index contributed by atoms with van der Waals surface area (Å²) >= 11 is 2.14. The molecule has 0 aromatic heterocycles. The minimum atomic E-state index is -4.08. The number of sulfonamides is 1. The maximum absolute atomic E-state index is 14.0. The van der Waals surface area contributed by atoms with Crippen LogP contribution in [0, 0.1) is 3.57 Å². The Kier molecular flexibility index (Phi) is 10.1. The second-order valence-electron chi connectivity index (χ2n) is 9.84. The van der Waals surface area contributed by atoms with Crippen molar-refractivity contribution in [2.75, 3.05) is 18.0 Å². The Balaban J connectivity index is 1.68. The summed E-state index contributed by atoms with van der Waals surface area (Å²) in [6.07, 6.45) is 3.96. The van der Waals surface area contributed by atoms with Crippen molar-refractivity contribution in [1.82, 2.24) is 10.2 Å². The van der Waals surface area contributed by atoms with Gasteiger partial charge in [0.1, 0.15) is 18.3 Å². The van der Waals surface area contributed by atoms with E-state index in [9.17, 15) is 18.0 Å². The van der Waals surface area contributed by atoms with Gasteiger partial charge in [0.15, 0.2) is 0 Å². The lowest BCUT2D eigenvalue weighted by atomic mass is 10.1. The van der Waals surface area contributed by atoms with Gasteiger partial charge in [0.2, 0.25) is 11.8 Å². The van der Waals surface area contributed by atoms with Gasteiger partial charge in [-0.2, -0.15) is 0 Å². The van der Waals surface area contributed by atoms with Crippen LogP contribution in [0.4, 0.5) is 5.69 Å². The van der Waals surface area contributed by atoms with Gasteiger partial charge in [-0.15, -0.1) is 0 Å². The van der Waals surface area contributed by atoms with Crippen molar-refractivity contribution in [2.24, 2.45) is 0 Å². The Hall–Kier alpha value is -3.12. The standard InChI is InChI=1S/C30H34IN3O5S/c1-22(30(36)32-25-10-6-7-11-25)33(20-23-9-8-12-27(19-23)39-2)29(35)21-34(26-17-15-24(31)16-18-26)40(37,38)28-13-4-3-5-14-28/h3-5,8-9,12-19,22,25H,6-7,10-11,20-21H2,1-2H3,(H,32,36)/t22-/m0/s1. The third kappa shape index (κ3) is 7.34. The molecule has 3 aromatic carbocycles. The molecule has 1 fully saturated rings. The second kappa shape index (κ2) is 13.5. The van der Waals surface area contributed by atoms with Crippen LogP contribution in [0.25, 0.3) is 0 Å². The zero-order chi connectivity index (χ0) is 28.7. The average Bonchev–Trinajstić information content (AvgIpc) is 3.48. The van der Waals surface area contributed by atoms with Crippen LogP contribution >= 0.6 is 22.6 Å². The van der Waals surface area contributed by atoms with Gasteiger partial charge in [-0.3, -0.25) is 13.9 Å². The van der Waals surface area contributed by atoms with Gasteiger partial charge in [0.25, 0.3) is 10.0 Å². The van der Waals surface area contributed by atoms with E-state index in [1.54, 1.807) is 68.6 Å². The van der Waals surface area contributed by atoms with Crippen molar-refractivity contribution in [2.45, 2.75) is 56.1 Å². The van der Waals surface area contributed by atoms with Crippen molar-refractivity contribution in [3.8, 4) is 5.75 Å². The first-order valence-electron chi connectivity index (χ1n) is 13.2. The summed E-state index contributed by atoms with van der Waals surface area (Å²) in [5.41, 5.74) is 1.13. The number of hydrogen-bond donors (Lipinski definition) is 1. The third-order valence-corrected chi connectivity index (χ3v) is 9.59. The second-order valence-corrected chi connectivity index (χ2v) is 12.9. The van der Waals surface area contributed by atoms with E-state index in [1.807, 2.05) is 12.1 Å². The fourth-order valence-electron chi connectivity index (χ4n) is 4.80. The van der Waals surface area contributed by atoms with Crippen molar-refractivity contribution in [1.29, 1.82) is 0 Å². The summed E-state index contributed by atoms with van der Waals surface area (Å²) in [5, 5.41) is 3.08. The number of rotatable bonds is 11. The molecule has 0 heterocycles. The quantitative estimate of drug-likeness (QED) is 0.290. The molecule has 1 N–H and O–H groups in total. The molecular formula is C30H34IN3O5S. The molecule has 0 saturated heterocycles. The third-order valence-electron chi connectivity index (χ3n) is 7.08. The molecule has 8 nitrogen and oxygen atoms in total. The van der Waals surface area contributed by atoms with Gasteiger partial charge in [0.05, 0.1) is 17.7 Å². The molecule has 212 valence electrons. The molecule has 0 bridgehead atoms. The van der Waals surface area contributed by atoms with Crippen LogP contribution in [-0.2, 0) is 26.2 Å². The zero-order valence-corrected chi connectivity index (χ0v) is 25.6. The number of carbonyl (C=O) groups is 2. The fourth-order valence-corrected chi connectivity index (χ4v) is 6.59. The smallest absolute Gasteiger partial charge is 0.264 e. The molecule has 40 heavy (non-hydrogen) atoms. The largest absolute Gasteiger partial charge is 0.497 e. The van der Waals surface area contributed by atoms with Gasteiger partial charge in [-0.1, -0.05) is 43.2 Å². The number of anilines is 1. The predicted molar refractivity (Wildman–Crippen MR) is 164 cm³/mol. The number of carbonyl (C=O) groups excluding carboxylic acids is 2. The lowest BCUT2D eigenvalue weighted by molar-refractivity contribution is -0.139. The fraction of sp³-hybridized carbons (Fsp3) is 0.333. The molecule has 10 heteroatoms. The normalized spacial score (nSPS) is 14.4. The molecule has 0 spiro atoms. The van der Waals surface area contributed by atoms with E-state index < -0.39 is 28.5 Å². The molecule has 2 amide bonds. The number of amides is 2. The monoisotopic (exact) mass is 675 g/mol. The Labute approximate surface area is 249 Å². The van der Waals surface area contributed by atoms with Crippen molar-refractivity contribution in [3.63, 3.8) is 0 Å². The Morgan fingerprint density at radius 1 is 1.00 bits per heavy atom. The molecule has 1 saturated carbocycles. The average molecular weight is 676 g/mol. The van der Waals surface area contributed by atoms with Crippen molar-refractivity contribution in [3.05, 3.63) is 88.0 Å². The lowest BCUT2D eigenvalue weighted by Gasteiger charge is -2.32. The van der Waals surface area contributed by atoms with E-state index >= 15 is 0 Å². The van der Waals surface area contributed by atoms with Gasteiger partial charge in [0, 0.05) is 16.2 Å². The van der Waals surface area contributed by atoms with Gasteiger partial charge >= 0.3 is 0 Å². The highest BCUT2D eigenvalue weighted by Gasteiger charge is 2.33. The van der Waals surface area contributed by atoms with E-state index in [2.05, 4.69) is 27.9 Å². The van der Waals surface area contributed by atoms with Crippen LogP contribution in [0.3, 0.4) is 0 Å². The maximum atomic E-state index is 14.0. The number of benzene rings is 3. The van der Waals surface area contributed by atoms with Gasteiger partial charge in [-0.05, 0) is 96.5 Å². The van der Waals surface area contributed by atoms with Crippen molar-refractivity contribution >= 4 is 50.1 Å². The zero-order valence-electron chi connectivity index (χ0n) is 22.6. The summed E-state index contributed by atoms with van der Waals surface area (Å²) in [4.78, 5) is 28.8. The maximum Gasteiger partial charge on any atom is 0.264 e.